The molecule has 0 aliphatic carbocycles. The maximum atomic E-state index is 13.0. The number of unbranched alkanes of at least 4 members (excludes halogenated alkanes) is 40. The maximum Gasteiger partial charge on any atom is 0.472 e. The molecule has 0 aliphatic heterocycles. The third-order valence-corrected chi connectivity index (χ3v) is 17.0. The van der Waals surface area contributed by atoms with Crippen molar-refractivity contribution in [2.24, 2.45) is 0 Å². The summed E-state index contributed by atoms with van der Waals surface area (Å²) in [4.78, 5) is 71.9. The zero-order valence-electron chi connectivity index (χ0n) is 53.9. The molecular weight excluding hydrogens is 1110 g/mol. The Morgan fingerprint density at radius 3 is 0.702 bits per heavy atom. The summed E-state index contributed by atoms with van der Waals surface area (Å²) < 4.78 is 67.8. The summed E-state index contributed by atoms with van der Waals surface area (Å²) in [5.41, 5.74) is 0. The molecule has 498 valence electrons. The predicted octanol–water partition coefficient (Wildman–Crippen LogP) is 18.3. The molecule has 5 atom stereocenters. The van der Waals surface area contributed by atoms with Gasteiger partial charge in [0.2, 0.25) is 0 Å². The highest BCUT2D eigenvalue weighted by Gasteiger charge is 2.30. The normalized spacial score (nSPS) is 14.1. The molecule has 19 heteroatoms. The van der Waals surface area contributed by atoms with Gasteiger partial charge in [-0.1, -0.05) is 285 Å². The molecule has 0 saturated heterocycles. The van der Waals surface area contributed by atoms with Crippen LogP contribution in [0.5, 0.6) is 0 Å². The zero-order chi connectivity index (χ0) is 61.9. The molecule has 0 radical (unpaired) electrons. The van der Waals surface area contributed by atoms with Crippen LogP contribution in [-0.2, 0) is 65.4 Å². The van der Waals surface area contributed by atoms with Crippen LogP contribution in [-0.4, -0.2) is 96.7 Å². The molecule has 0 aliphatic rings. The number of aliphatic hydroxyl groups is 1. The molecule has 0 rings (SSSR count). The lowest BCUT2D eigenvalue weighted by molar-refractivity contribution is -0.161. The zero-order valence-corrected chi connectivity index (χ0v) is 55.7. The van der Waals surface area contributed by atoms with Crippen molar-refractivity contribution in [2.45, 2.75) is 354 Å². The minimum absolute atomic E-state index is 0.105. The van der Waals surface area contributed by atoms with Crippen molar-refractivity contribution in [1.82, 2.24) is 0 Å². The summed E-state index contributed by atoms with van der Waals surface area (Å²) >= 11 is 0. The number of aliphatic hydroxyl groups excluding tert-OH is 1. The summed E-state index contributed by atoms with van der Waals surface area (Å²) in [6, 6.07) is 0. The van der Waals surface area contributed by atoms with E-state index in [0.717, 1.165) is 116 Å². The smallest absolute Gasteiger partial charge is 0.462 e. The molecule has 0 aromatic heterocycles. The van der Waals surface area contributed by atoms with Gasteiger partial charge in [0.1, 0.15) is 19.3 Å². The fourth-order valence-corrected chi connectivity index (χ4v) is 11.4. The number of phosphoric ester groups is 2. The summed E-state index contributed by atoms with van der Waals surface area (Å²) in [5, 5.41) is 10.5. The molecule has 0 spiro atoms. The van der Waals surface area contributed by atoms with Gasteiger partial charge in [-0.2, -0.15) is 0 Å². The van der Waals surface area contributed by atoms with Gasteiger partial charge < -0.3 is 33.8 Å². The lowest BCUT2D eigenvalue weighted by Gasteiger charge is -2.21. The highest BCUT2D eigenvalue weighted by molar-refractivity contribution is 7.47. The molecule has 0 aromatic rings. The number of esters is 4. The van der Waals surface area contributed by atoms with Crippen LogP contribution in [0.3, 0.4) is 0 Å². The molecule has 0 heterocycles. The van der Waals surface area contributed by atoms with E-state index in [-0.39, 0.29) is 25.7 Å². The molecule has 17 nitrogen and oxygen atoms in total. The third-order valence-electron chi connectivity index (χ3n) is 15.1. The van der Waals surface area contributed by atoms with Crippen LogP contribution in [0, 0.1) is 0 Å². The minimum Gasteiger partial charge on any atom is -0.462 e. The second-order valence-corrected chi connectivity index (χ2v) is 26.4. The lowest BCUT2D eigenvalue weighted by Crippen LogP contribution is -2.30. The van der Waals surface area contributed by atoms with E-state index in [1.165, 1.54) is 141 Å². The van der Waals surface area contributed by atoms with Gasteiger partial charge in [0, 0.05) is 25.7 Å². The van der Waals surface area contributed by atoms with E-state index in [1.807, 2.05) is 0 Å². The van der Waals surface area contributed by atoms with Crippen LogP contribution >= 0.6 is 15.6 Å². The molecular formula is C65H126O17P2. The standard InChI is InChI=1S/C65H126O17P2/c1-5-9-13-17-21-24-25-26-27-28-29-30-31-32-33-34-35-36-40-44-48-52-65(70)82-61(56-76-63(68)50-46-42-38-22-18-14-10-6-2)58-80-84(73,74)78-54-59(66)53-77-83(71,72)79-57-60(55-75-62(67)49-45-41-37-20-16-12-8-4)81-64(69)51-47-43-39-23-19-15-11-7-3/h59-61,66H,5-58H2,1-4H3,(H,71,72)(H,73,74)/t59-,60+,61+/m0/s1. The summed E-state index contributed by atoms with van der Waals surface area (Å²) in [6.45, 7) is 4.80. The first kappa shape index (κ1) is 82.1. The van der Waals surface area contributed by atoms with E-state index < -0.39 is 97.5 Å². The molecule has 2 unspecified atom stereocenters. The average Bonchev–Trinajstić information content (AvgIpc) is 3.48. The van der Waals surface area contributed by atoms with Crippen LogP contribution in [0.15, 0.2) is 0 Å². The fourth-order valence-electron chi connectivity index (χ4n) is 9.81. The van der Waals surface area contributed by atoms with E-state index in [4.69, 9.17) is 37.0 Å². The number of phosphoric acid groups is 2. The minimum atomic E-state index is -4.94. The Kier molecular flexibility index (Phi) is 58.6. The maximum absolute atomic E-state index is 13.0. The monoisotopic (exact) mass is 1240 g/mol. The second kappa shape index (κ2) is 60.0. The third kappa shape index (κ3) is 59.0. The molecule has 0 aromatic carbocycles. The first-order valence-corrected chi connectivity index (χ1v) is 37.3. The van der Waals surface area contributed by atoms with E-state index in [1.54, 1.807) is 0 Å². The highest BCUT2D eigenvalue weighted by Crippen LogP contribution is 2.45. The van der Waals surface area contributed by atoms with Crippen molar-refractivity contribution in [3.05, 3.63) is 0 Å². The van der Waals surface area contributed by atoms with E-state index in [0.29, 0.717) is 25.7 Å². The van der Waals surface area contributed by atoms with E-state index >= 15 is 0 Å². The Balaban J connectivity index is 5.04. The number of hydrogen-bond donors (Lipinski definition) is 3. The highest BCUT2D eigenvalue weighted by atomic mass is 31.2. The van der Waals surface area contributed by atoms with Gasteiger partial charge in [-0.25, -0.2) is 9.13 Å². The van der Waals surface area contributed by atoms with Gasteiger partial charge in [-0.15, -0.1) is 0 Å². The molecule has 0 amide bonds. The quantitative estimate of drug-likeness (QED) is 0.0222. The van der Waals surface area contributed by atoms with Crippen LogP contribution in [0.2, 0.25) is 0 Å². The molecule has 0 saturated carbocycles. The molecule has 0 bridgehead atoms. The van der Waals surface area contributed by atoms with Gasteiger partial charge in [0.05, 0.1) is 26.4 Å². The predicted molar refractivity (Wildman–Crippen MR) is 335 cm³/mol. The van der Waals surface area contributed by atoms with Crippen LogP contribution in [0.25, 0.3) is 0 Å². The number of carbonyl (C=O) groups excluding carboxylic acids is 4. The number of ether oxygens (including phenoxy) is 4. The molecule has 84 heavy (non-hydrogen) atoms. The average molecular weight is 1240 g/mol. The van der Waals surface area contributed by atoms with Crippen molar-refractivity contribution in [3.8, 4) is 0 Å². The van der Waals surface area contributed by atoms with E-state index in [2.05, 4.69) is 27.7 Å². The summed E-state index contributed by atoms with van der Waals surface area (Å²) in [5.74, 6) is -2.14. The van der Waals surface area contributed by atoms with Crippen molar-refractivity contribution in [1.29, 1.82) is 0 Å². The Labute approximate surface area is 511 Å². The van der Waals surface area contributed by atoms with Gasteiger partial charge in [-0.05, 0) is 25.7 Å². The van der Waals surface area contributed by atoms with Crippen molar-refractivity contribution >= 4 is 39.5 Å². The van der Waals surface area contributed by atoms with Gasteiger partial charge in [-0.3, -0.25) is 37.3 Å². The van der Waals surface area contributed by atoms with Gasteiger partial charge >= 0.3 is 39.5 Å². The Hall–Kier alpha value is -1.94. The SMILES string of the molecule is CCCCCCCCCCCCCCCCCCCCCCCC(=O)O[C@H](COC(=O)CCCCCCCCCC)COP(=O)(O)OC[C@@H](O)COP(=O)(O)OC[C@@H](COC(=O)CCCCCCCCC)OC(=O)CCCCCCCCCC. The second-order valence-electron chi connectivity index (χ2n) is 23.5. The van der Waals surface area contributed by atoms with Crippen LogP contribution in [0.4, 0.5) is 0 Å². The van der Waals surface area contributed by atoms with Crippen molar-refractivity contribution in [2.75, 3.05) is 39.6 Å². The van der Waals surface area contributed by atoms with Gasteiger partial charge in [0.15, 0.2) is 12.2 Å². The van der Waals surface area contributed by atoms with Gasteiger partial charge in [0.25, 0.3) is 0 Å². The first-order valence-electron chi connectivity index (χ1n) is 34.3. The summed E-state index contributed by atoms with van der Waals surface area (Å²) in [7, 11) is -9.87. The lowest BCUT2D eigenvalue weighted by atomic mass is 10.0. The molecule has 0 fully saturated rings. The Bertz CT molecular complexity index is 1620. The largest absolute Gasteiger partial charge is 0.472 e. The Morgan fingerprint density at radius 1 is 0.286 bits per heavy atom. The fraction of sp³-hybridized carbons (Fsp3) is 0.938. The molecule has 3 N–H and O–H groups in total. The topological polar surface area (TPSA) is 237 Å². The number of carbonyl (C=O) groups is 4. The number of hydrogen-bond acceptors (Lipinski definition) is 15. The van der Waals surface area contributed by atoms with Crippen LogP contribution in [0.1, 0.15) is 336 Å². The first-order chi connectivity index (χ1) is 40.7. The Morgan fingerprint density at radius 2 is 0.476 bits per heavy atom. The van der Waals surface area contributed by atoms with Crippen molar-refractivity contribution < 1.29 is 80.2 Å². The van der Waals surface area contributed by atoms with E-state index in [9.17, 15) is 43.2 Å². The number of rotatable bonds is 66. The van der Waals surface area contributed by atoms with Crippen molar-refractivity contribution in [3.63, 3.8) is 0 Å². The summed E-state index contributed by atoms with van der Waals surface area (Å²) in [6.07, 6.45) is 46.3. The van der Waals surface area contributed by atoms with Crippen LogP contribution < -0.4 is 0 Å².